The zero-order chi connectivity index (χ0) is 25.3. The summed E-state index contributed by atoms with van der Waals surface area (Å²) in [7, 11) is 0. The largest absolute Gasteiger partial charge is 0.486 e. The van der Waals surface area contributed by atoms with Gasteiger partial charge in [0, 0.05) is 9.50 Å². The first kappa shape index (κ1) is 25.4. The van der Waals surface area contributed by atoms with Crippen LogP contribution >= 0.6 is 55.1 Å². The summed E-state index contributed by atoms with van der Waals surface area (Å²) in [6.45, 7) is 2.10. The lowest BCUT2D eigenvalue weighted by Gasteiger charge is -2.26. The molecule has 0 atom stereocenters. The lowest BCUT2D eigenvalue weighted by molar-refractivity contribution is -0.122. The molecule has 0 aliphatic carbocycles. The van der Waals surface area contributed by atoms with E-state index < -0.39 is 17.8 Å². The van der Waals surface area contributed by atoms with E-state index in [0.717, 1.165) is 20.5 Å². The number of nitrogens with zero attached hydrogens (tertiary/aromatic N) is 1. The van der Waals surface area contributed by atoms with E-state index in [0.29, 0.717) is 26.5 Å². The standard InChI is InChI=1S/C25H16Br2Cl2N2O4/c1-13-8-17(6-7-19(13)26)31-24(33)18(23(32)30-25(31)34)9-15-10-20(27)22(21(29)11-15)35-12-14-2-4-16(28)5-3-14/h2-11H,12H2,1H3,(H,30,32,34)/b18-9+. The second-order valence-electron chi connectivity index (χ2n) is 7.62. The predicted octanol–water partition coefficient (Wildman–Crippen LogP) is 7.07. The molecule has 4 amide bonds. The van der Waals surface area contributed by atoms with E-state index in [1.54, 1.807) is 42.5 Å². The molecule has 0 spiro atoms. The van der Waals surface area contributed by atoms with Crippen LogP contribution in [0, 0.1) is 6.92 Å². The molecule has 6 nitrogen and oxygen atoms in total. The molecule has 1 N–H and O–H groups in total. The zero-order valence-electron chi connectivity index (χ0n) is 18.1. The van der Waals surface area contributed by atoms with Crippen LogP contribution in [0.3, 0.4) is 0 Å². The highest BCUT2D eigenvalue weighted by atomic mass is 79.9. The van der Waals surface area contributed by atoms with Gasteiger partial charge in [-0.15, -0.1) is 0 Å². The molecule has 4 rings (SSSR count). The Morgan fingerprint density at radius 3 is 2.34 bits per heavy atom. The van der Waals surface area contributed by atoms with Crippen LogP contribution in [0.4, 0.5) is 10.5 Å². The third kappa shape index (κ3) is 5.62. The molecule has 0 saturated carbocycles. The molecule has 10 heteroatoms. The van der Waals surface area contributed by atoms with Crippen LogP contribution in [0.5, 0.6) is 5.75 Å². The van der Waals surface area contributed by atoms with Crippen molar-refractivity contribution in [2.24, 2.45) is 0 Å². The van der Waals surface area contributed by atoms with E-state index in [1.807, 2.05) is 19.1 Å². The molecule has 178 valence electrons. The summed E-state index contributed by atoms with van der Waals surface area (Å²) in [6, 6.07) is 14.7. The number of anilines is 1. The number of nitrogens with one attached hydrogen (secondary N) is 1. The number of halogens is 4. The zero-order valence-corrected chi connectivity index (χ0v) is 22.8. The Balaban J connectivity index is 1.61. The summed E-state index contributed by atoms with van der Waals surface area (Å²) < 4.78 is 7.21. The number of aryl methyl sites for hydroxylation is 1. The van der Waals surface area contributed by atoms with Gasteiger partial charge in [-0.1, -0.05) is 51.3 Å². The Kier molecular flexibility index (Phi) is 7.66. The van der Waals surface area contributed by atoms with E-state index >= 15 is 0 Å². The smallest absolute Gasteiger partial charge is 0.335 e. The number of benzene rings is 3. The van der Waals surface area contributed by atoms with Gasteiger partial charge in [0.25, 0.3) is 11.8 Å². The van der Waals surface area contributed by atoms with Gasteiger partial charge >= 0.3 is 6.03 Å². The van der Waals surface area contributed by atoms with Gasteiger partial charge in [0.05, 0.1) is 15.2 Å². The topological polar surface area (TPSA) is 75.7 Å². The lowest BCUT2D eigenvalue weighted by atomic mass is 10.1. The fraction of sp³-hybridized carbons (Fsp3) is 0.0800. The van der Waals surface area contributed by atoms with Crippen LogP contribution in [0.2, 0.25) is 10.0 Å². The average molecular weight is 639 g/mol. The highest BCUT2D eigenvalue weighted by Gasteiger charge is 2.37. The van der Waals surface area contributed by atoms with Crippen LogP contribution < -0.4 is 15.0 Å². The summed E-state index contributed by atoms with van der Waals surface area (Å²) in [5.41, 5.74) is 2.34. The fourth-order valence-corrected chi connectivity index (χ4v) is 4.72. The minimum atomic E-state index is -0.816. The van der Waals surface area contributed by atoms with E-state index in [9.17, 15) is 14.4 Å². The average Bonchev–Trinajstić information content (AvgIpc) is 2.79. The predicted molar refractivity (Wildman–Crippen MR) is 143 cm³/mol. The number of amides is 4. The van der Waals surface area contributed by atoms with Gasteiger partial charge in [0.15, 0.2) is 5.75 Å². The molecule has 1 heterocycles. The Bertz CT molecular complexity index is 1370. The maximum atomic E-state index is 13.2. The van der Waals surface area contributed by atoms with Gasteiger partial charge in [0.2, 0.25) is 0 Å². The molecule has 35 heavy (non-hydrogen) atoms. The number of rotatable bonds is 5. The number of carbonyl (C=O) groups excluding carboxylic acids is 3. The molecular formula is C25H16Br2Cl2N2O4. The summed E-state index contributed by atoms with van der Waals surface area (Å²) >= 11 is 19.2. The molecule has 0 unspecified atom stereocenters. The number of hydrogen-bond donors (Lipinski definition) is 1. The van der Waals surface area contributed by atoms with Crippen molar-refractivity contribution < 1.29 is 19.1 Å². The maximum absolute atomic E-state index is 13.2. The monoisotopic (exact) mass is 636 g/mol. The Morgan fingerprint density at radius 1 is 0.971 bits per heavy atom. The summed E-state index contributed by atoms with van der Waals surface area (Å²) in [5.74, 6) is -1.12. The van der Waals surface area contributed by atoms with Crippen LogP contribution in [0.25, 0.3) is 6.08 Å². The van der Waals surface area contributed by atoms with Crippen molar-refractivity contribution in [1.82, 2.24) is 5.32 Å². The van der Waals surface area contributed by atoms with Gasteiger partial charge in [-0.3, -0.25) is 14.9 Å². The molecule has 0 bridgehead atoms. The van der Waals surface area contributed by atoms with Crippen molar-refractivity contribution >= 4 is 84.7 Å². The van der Waals surface area contributed by atoms with Crippen LogP contribution in [-0.2, 0) is 16.2 Å². The first-order valence-corrected chi connectivity index (χ1v) is 12.5. The number of urea groups is 1. The van der Waals surface area contributed by atoms with Crippen molar-refractivity contribution in [3.05, 3.63) is 95.9 Å². The molecule has 3 aromatic rings. The molecule has 1 aliphatic rings. The second-order valence-corrected chi connectivity index (χ2v) is 10.2. The number of ether oxygens (including phenoxy) is 1. The van der Waals surface area contributed by atoms with Gasteiger partial charge in [0.1, 0.15) is 12.2 Å². The lowest BCUT2D eigenvalue weighted by Crippen LogP contribution is -2.54. The maximum Gasteiger partial charge on any atom is 0.335 e. The van der Waals surface area contributed by atoms with Gasteiger partial charge < -0.3 is 4.74 Å². The Hall–Kier alpha value is -2.65. The fourth-order valence-electron chi connectivity index (χ4n) is 3.36. The Morgan fingerprint density at radius 2 is 1.69 bits per heavy atom. The number of barbiturate groups is 1. The van der Waals surface area contributed by atoms with Crippen molar-refractivity contribution in [1.29, 1.82) is 0 Å². The van der Waals surface area contributed by atoms with Crippen molar-refractivity contribution in [2.45, 2.75) is 13.5 Å². The normalized spacial score (nSPS) is 14.9. The van der Waals surface area contributed by atoms with Gasteiger partial charge in [-0.2, -0.15) is 0 Å². The minimum Gasteiger partial charge on any atom is -0.486 e. The molecule has 0 aromatic heterocycles. The van der Waals surface area contributed by atoms with Crippen LogP contribution in [0.1, 0.15) is 16.7 Å². The first-order valence-electron chi connectivity index (χ1n) is 10.2. The molecule has 1 aliphatic heterocycles. The quantitative estimate of drug-likeness (QED) is 0.240. The number of hydrogen-bond acceptors (Lipinski definition) is 4. The highest BCUT2D eigenvalue weighted by molar-refractivity contribution is 9.10. The number of imide groups is 2. The molecular weight excluding hydrogens is 623 g/mol. The molecule has 1 saturated heterocycles. The third-order valence-corrected chi connectivity index (χ3v) is 7.14. The van der Waals surface area contributed by atoms with Crippen molar-refractivity contribution in [2.75, 3.05) is 4.90 Å². The number of carbonyl (C=O) groups is 3. The second kappa shape index (κ2) is 10.5. The SMILES string of the molecule is Cc1cc(N2C(=O)NC(=O)/C(=C\c3cc(Cl)c(OCc4ccc(Cl)cc4)c(Br)c3)C2=O)ccc1Br. The van der Waals surface area contributed by atoms with Gasteiger partial charge in [-0.05, 0) is 88.1 Å². The van der Waals surface area contributed by atoms with Gasteiger partial charge in [-0.25, -0.2) is 9.69 Å². The van der Waals surface area contributed by atoms with E-state index in [2.05, 4.69) is 37.2 Å². The van der Waals surface area contributed by atoms with Crippen molar-refractivity contribution in [3.8, 4) is 5.75 Å². The minimum absolute atomic E-state index is 0.206. The van der Waals surface area contributed by atoms with Crippen LogP contribution in [-0.4, -0.2) is 17.8 Å². The van der Waals surface area contributed by atoms with Crippen LogP contribution in [0.15, 0.2) is 69.1 Å². The summed E-state index contributed by atoms with van der Waals surface area (Å²) in [5, 5.41) is 3.12. The molecule has 1 fully saturated rings. The van der Waals surface area contributed by atoms with E-state index in [1.165, 1.54) is 6.08 Å². The summed E-state index contributed by atoms with van der Waals surface area (Å²) in [4.78, 5) is 39.0. The molecule has 0 radical (unpaired) electrons. The third-order valence-electron chi connectivity index (χ3n) is 5.13. The van der Waals surface area contributed by atoms with E-state index in [-0.39, 0.29) is 17.2 Å². The van der Waals surface area contributed by atoms with Crippen molar-refractivity contribution in [3.63, 3.8) is 0 Å². The Labute approximate surface area is 228 Å². The molecule has 3 aromatic carbocycles. The highest BCUT2D eigenvalue weighted by Crippen LogP contribution is 2.36. The first-order chi connectivity index (χ1) is 16.6. The van der Waals surface area contributed by atoms with E-state index in [4.69, 9.17) is 27.9 Å². The summed E-state index contributed by atoms with van der Waals surface area (Å²) in [6.07, 6.45) is 1.38.